The van der Waals surface area contributed by atoms with Crippen LogP contribution in [0.3, 0.4) is 0 Å². The van der Waals surface area contributed by atoms with Gasteiger partial charge in [0.05, 0.1) is 19.9 Å². The number of fused-ring (bicyclic) bond motifs is 1. The molecule has 0 saturated carbocycles. The van der Waals surface area contributed by atoms with Crippen molar-refractivity contribution in [3.63, 3.8) is 0 Å². The highest BCUT2D eigenvalue weighted by molar-refractivity contribution is 8.15. The van der Waals surface area contributed by atoms with Gasteiger partial charge in [-0.25, -0.2) is 14.2 Å². The van der Waals surface area contributed by atoms with Crippen LogP contribution in [-0.2, 0) is 10.9 Å². The lowest BCUT2D eigenvalue weighted by atomic mass is 10.1. The Kier molecular flexibility index (Phi) is 7.85. The molecule has 200 valence electrons. The first kappa shape index (κ1) is 26.9. The third kappa shape index (κ3) is 5.56. The molecule has 1 amide bonds. The summed E-state index contributed by atoms with van der Waals surface area (Å²) in [6, 6.07) is 7.00. The third-order valence-corrected chi connectivity index (χ3v) is 5.66. The molecule has 0 saturated heterocycles. The van der Waals surface area contributed by atoms with Crippen LogP contribution in [0, 0.1) is 5.82 Å². The molecule has 0 atom stereocenters. The second-order valence-electron chi connectivity index (χ2n) is 7.31. The lowest BCUT2D eigenvalue weighted by Gasteiger charge is -2.23. The Morgan fingerprint density at radius 1 is 1.11 bits per heavy atom. The first-order valence-corrected chi connectivity index (χ1v) is 11.9. The number of aliphatic imine (C=N–C) groups is 2. The van der Waals surface area contributed by atoms with Gasteiger partial charge >= 0.3 is 18.2 Å². The van der Waals surface area contributed by atoms with Crippen LogP contribution < -0.4 is 14.2 Å². The van der Waals surface area contributed by atoms with Gasteiger partial charge in [0.15, 0.2) is 11.6 Å². The van der Waals surface area contributed by atoms with Gasteiger partial charge in [-0.15, -0.1) is 11.8 Å². The summed E-state index contributed by atoms with van der Waals surface area (Å²) in [6.45, 7) is 0.294. The van der Waals surface area contributed by atoms with Crippen LogP contribution in [0.2, 0.25) is 0 Å². The zero-order valence-electron chi connectivity index (χ0n) is 20.0. The Hall–Kier alpha value is -4.14. The standard InChI is InChI=1S/C23H18F4N4O6S/c1-33-14-10-13(15(24)18-17(14)35-8-9-36-18)16(20(38-3)30-22(32)34-2)28-12-6-4-11(5-7-12)19-29-21(37-31-19)23(25,26)27/h4-7,10H,8-9H2,1-3H3/b28-16?,30-20-. The molecule has 0 spiro atoms. The Balaban J connectivity index is 1.82. The second kappa shape index (κ2) is 11.1. The van der Waals surface area contributed by atoms with Crippen molar-refractivity contribution < 1.29 is 45.8 Å². The molecule has 1 aliphatic heterocycles. The molecule has 3 aromatic rings. The monoisotopic (exact) mass is 554 g/mol. The normalized spacial score (nSPS) is 13.9. The second-order valence-corrected chi connectivity index (χ2v) is 8.11. The number of rotatable bonds is 5. The number of carbonyl (C=O) groups excluding carboxylic acids is 1. The maximum Gasteiger partial charge on any atom is 0.471 e. The fourth-order valence-electron chi connectivity index (χ4n) is 3.29. The zero-order valence-corrected chi connectivity index (χ0v) is 20.8. The van der Waals surface area contributed by atoms with E-state index in [0.717, 1.165) is 18.9 Å². The van der Waals surface area contributed by atoms with E-state index in [4.69, 9.17) is 14.2 Å². The van der Waals surface area contributed by atoms with E-state index in [2.05, 4.69) is 29.4 Å². The Morgan fingerprint density at radius 2 is 1.79 bits per heavy atom. The van der Waals surface area contributed by atoms with Crippen molar-refractivity contribution >= 4 is 34.3 Å². The van der Waals surface area contributed by atoms with E-state index in [1.54, 1.807) is 6.26 Å². The predicted octanol–water partition coefficient (Wildman–Crippen LogP) is 5.32. The smallest absolute Gasteiger partial charge is 0.471 e. The average Bonchev–Trinajstić information content (AvgIpc) is 3.43. The third-order valence-electron chi connectivity index (χ3n) is 4.99. The van der Waals surface area contributed by atoms with Crippen LogP contribution in [-0.4, -0.2) is 60.7 Å². The minimum absolute atomic E-state index is 0.00606. The zero-order chi connectivity index (χ0) is 27.4. The highest BCUT2D eigenvalue weighted by Crippen LogP contribution is 2.43. The predicted molar refractivity (Wildman–Crippen MR) is 128 cm³/mol. The van der Waals surface area contributed by atoms with Gasteiger partial charge in [0, 0.05) is 11.1 Å². The van der Waals surface area contributed by atoms with E-state index in [1.165, 1.54) is 37.4 Å². The van der Waals surface area contributed by atoms with Gasteiger partial charge in [-0.2, -0.15) is 23.1 Å². The summed E-state index contributed by atoms with van der Waals surface area (Å²) < 4.78 is 79.2. The van der Waals surface area contributed by atoms with Crippen molar-refractivity contribution in [3.8, 4) is 28.6 Å². The number of amides is 1. The van der Waals surface area contributed by atoms with Gasteiger partial charge in [0.2, 0.25) is 17.3 Å². The first-order chi connectivity index (χ1) is 18.2. The molecule has 2 heterocycles. The van der Waals surface area contributed by atoms with Crippen LogP contribution in [0.15, 0.2) is 44.8 Å². The Bertz CT molecular complexity index is 1410. The average molecular weight is 554 g/mol. The van der Waals surface area contributed by atoms with Gasteiger partial charge < -0.3 is 23.5 Å². The maximum absolute atomic E-state index is 15.7. The van der Waals surface area contributed by atoms with Crippen molar-refractivity contribution in [1.29, 1.82) is 0 Å². The maximum atomic E-state index is 15.7. The number of thioether (sulfide) groups is 1. The minimum Gasteiger partial charge on any atom is -0.493 e. The Morgan fingerprint density at radius 3 is 2.37 bits per heavy atom. The van der Waals surface area contributed by atoms with E-state index in [0.29, 0.717) is 0 Å². The van der Waals surface area contributed by atoms with E-state index >= 15 is 4.39 Å². The molecule has 0 N–H and O–H groups in total. The molecular weight excluding hydrogens is 536 g/mol. The van der Waals surface area contributed by atoms with E-state index in [-0.39, 0.29) is 63.9 Å². The number of carbonyl (C=O) groups is 1. The molecule has 0 unspecified atom stereocenters. The summed E-state index contributed by atoms with van der Waals surface area (Å²) >= 11 is 1.00. The van der Waals surface area contributed by atoms with Gasteiger partial charge in [0.25, 0.3) is 0 Å². The molecule has 2 aromatic carbocycles. The topological polar surface area (TPSA) is 118 Å². The van der Waals surface area contributed by atoms with Gasteiger partial charge in [-0.3, -0.25) is 0 Å². The number of nitrogens with zero attached hydrogens (tertiary/aromatic N) is 4. The van der Waals surface area contributed by atoms with Gasteiger partial charge in [0.1, 0.15) is 24.0 Å². The van der Waals surface area contributed by atoms with Crippen LogP contribution in [0.5, 0.6) is 17.2 Å². The molecule has 0 aliphatic carbocycles. The van der Waals surface area contributed by atoms with E-state index in [9.17, 15) is 18.0 Å². The number of alkyl halides is 3. The minimum atomic E-state index is -4.79. The lowest BCUT2D eigenvalue weighted by Crippen LogP contribution is -2.21. The Labute approximate surface area is 216 Å². The summed E-state index contributed by atoms with van der Waals surface area (Å²) in [5.74, 6) is -2.54. The molecule has 1 aromatic heterocycles. The summed E-state index contributed by atoms with van der Waals surface area (Å²) in [7, 11) is 2.50. The summed E-state index contributed by atoms with van der Waals surface area (Å²) in [4.78, 5) is 23.6. The lowest BCUT2D eigenvalue weighted by molar-refractivity contribution is -0.159. The summed E-state index contributed by atoms with van der Waals surface area (Å²) in [6.07, 6.45) is -4.13. The van der Waals surface area contributed by atoms with Crippen LogP contribution in [0.4, 0.5) is 28.0 Å². The number of hydrogen-bond acceptors (Lipinski definition) is 10. The van der Waals surface area contributed by atoms with Crippen molar-refractivity contribution in [2.45, 2.75) is 6.18 Å². The summed E-state index contributed by atoms with van der Waals surface area (Å²) in [5.41, 5.74) is 0.274. The molecular formula is C23H18F4N4O6S. The number of methoxy groups -OCH3 is 2. The van der Waals surface area contributed by atoms with Crippen LogP contribution >= 0.6 is 11.8 Å². The fraction of sp³-hybridized carbons (Fsp3) is 0.261. The largest absolute Gasteiger partial charge is 0.493 e. The molecule has 1 aliphatic rings. The molecule has 10 nitrogen and oxygen atoms in total. The van der Waals surface area contributed by atoms with Crippen molar-refractivity contribution in [2.75, 3.05) is 33.7 Å². The molecule has 4 rings (SSSR count). The number of hydrogen-bond donors (Lipinski definition) is 0. The van der Waals surface area contributed by atoms with E-state index < -0.39 is 24.0 Å². The fourth-order valence-corrected chi connectivity index (χ4v) is 3.80. The number of ether oxygens (including phenoxy) is 4. The molecule has 38 heavy (non-hydrogen) atoms. The number of benzene rings is 2. The molecule has 0 fully saturated rings. The van der Waals surface area contributed by atoms with Crippen molar-refractivity contribution in [1.82, 2.24) is 10.1 Å². The van der Waals surface area contributed by atoms with Crippen LogP contribution in [0.25, 0.3) is 11.4 Å². The molecule has 0 radical (unpaired) electrons. The SMILES string of the molecule is COC(=O)/N=C(\SC)C(=Nc1ccc(-c2noc(C(F)(F)F)n2)cc1)c1cc(OC)c2c(c1F)OCCO2. The van der Waals surface area contributed by atoms with Crippen molar-refractivity contribution in [2.24, 2.45) is 9.98 Å². The van der Waals surface area contributed by atoms with Gasteiger partial charge in [-0.1, -0.05) is 5.16 Å². The molecule has 0 bridgehead atoms. The summed E-state index contributed by atoms with van der Waals surface area (Å²) in [5, 5.41) is 3.35. The molecule has 15 heteroatoms. The van der Waals surface area contributed by atoms with Crippen LogP contribution in [0.1, 0.15) is 11.5 Å². The number of halogens is 4. The van der Waals surface area contributed by atoms with Gasteiger partial charge in [-0.05, 0) is 36.6 Å². The first-order valence-electron chi connectivity index (χ1n) is 10.6. The highest BCUT2D eigenvalue weighted by atomic mass is 32.2. The highest BCUT2D eigenvalue weighted by Gasteiger charge is 2.38. The number of aromatic nitrogens is 2. The van der Waals surface area contributed by atoms with Crippen molar-refractivity contribution in [3.05, 3.63) is 47.6 Å². The quantitative estimate of drug-likeness (QED) is 0.235. The van der Waals surface area contributed by atoms with E-state index in [1.807, 2.05) is 0 Å².